The monoisotopic (exact) mass is 143 g/mol. The summed E-state index contributed by atoms with van der Waals surface area (Å²) in [7, 11) is 0. The minimum absolute atomic E-state index is 0.486. The van der Waals surface area contributed by atoms with Gasteiger partial charge in [0.1, 0.15) is 0 Å². The van der Waals surface area contributed by atoms with Gasteiger partial charge in [0.05, 0.1) is 0 Å². The molecule has 1 radical (unpaired) electrons. The predicted molar refractivity (Wildman–Crippen MR) is 17.0 cm³/mol. The molecule has 0 saturated heterocycles. The summed E-state index contributed by atoms with van der Waals surface area (Å²) < 4.78 is -0.486. The van der Waals surface area contributed by atoms with Gasteiger partial charge in [0.15, 0.2) is 0 Å². The molecule has 0 aromatic carbocycles. The van der Waals surface area contributed by atoms with Crippen LogP contribution in [0.5, 0.6) is 0 Å². The molecular weight excluding hydrogens is 142 g/mol. The van der Waals surface area contributed by atoms with Gasteiger partial charge in [-0.3, -0.25) is 0 Å². The van der Waals surface area contributed by atoms with E-state index in [1.807, 2.05) is 16.0 Å². The van der Waals surface area contributed by atoms with Gasteiger partial charge >= 0.3 is 36.5 Å². The second-order valence-electron chi connectivity index (χ2n) is 0.238. The van der Waals surface area contributed by atoms with Gasteiger partial charge in [0.2, 0.25) is 0 Å². The van der Waals surface area contributed by atoms with Crippen molar-refractivity contribution in [2.45, 2.75) is 0 Å². The summed E-state index contributed by atoms with van der Waals surface area (Å²) in [6.07, 6.45) is 0. The first-order valence-corrected chi connectivity index (χ1v) is 1.83. The van der Waals surface area contributed by atoms with E-state index in [1.165, 1.54) is 0 Å². The number of rotatable bonds is 0. The molecule has 1 nitrogen and oxygen atoms in total. The van der Waals surface area contributed by atoms with Gasteiger partial charge in [-0.25, -0.2) is 0 Å². The third kappa shape index (κ3) is 23.6. The zero-order chi connectivity index (χ0) is 3.58. The molecule has 0 unspecified atom stereocenters. The molecule has 0 heterocycles. The van der Waals surface area contributed by atoms with Crippen molar-refractivity contribution in [1.82, 2.24) is 0 Å². The number of hydrogen-bond acceptors (Lipinski definition) is 1. The molecule has 0 bridgehead atoms. The number of carbonyl (C=O) groups excluding carboxylic acids is 1. The molecule has 23 valence electrons. The van der Waals surface area contributed by atoms with Crippen LogP contribution in [0, 0.1) is 0 Å². The summed E-state index contributed by atoms with van der Waals surface area (Å²) in [6, 6.07) is 0. The Balaban J connectivity index is 2.80. The second kappa shape index (κ2) is 1.77. The molecule has 0 aliphatic rings. The molecule has 3 heteroatoms. The van der Waals surface area contributed by atoms with Gasteiger partial charge < -0.3 is 0 Å². The van der Waals surface area contributed by atoms with Crippen LogP contribution in [0.2, 0.25) is 0 Å². The van der Waals surface area contributed by atoms with Gasteiger partial charge in [-0.15, -0.1) is 0 Å². The van der Waals surface area contributed by atoms with Crippen molar-refractivity contribution < 1.29 is 4.79 Å². The standard InChI is InChI=1S/CClOSe/c2-1(3)4. The van der Waals surface area contributed by atoms with E-state index in [-0.39, 0.29) is 0 Å². The van der Waals surface area contributed by atoms with Gasteiger partial charge in [-0.1, -0.05) is 0 Å². The first-order chi connectivity index (χ1) is 1.73. The van der Waals surface area contributed by atoms with Crippen LogP contribution in [0.25, 0.3) is 0 Å². The van der Waals surface area contributed by atoms with Crippen LogP contribution in [0.1, 0.15) is 0 Å². The normalized spacial score (nSPS) is 6.25. The Morgan fingerprint density at radius 2 is 2.00 bits per heavy atom. The molecule has 0 aliphatic carbocycles. The first-order valence-electron chi connectivity index (χ1n) is 0.597. The van der Waals surface area contributed by atoms with Crippen LogP contribution < -0.4 is 0 Å². The van der Waals surface area contributed by atoms with Crippen LogP contribution in [0.4, 0.5) is 4.79 Å². The van der Waals surface area contributed by atoms with Gasteiger partial charge in [0, 0.05) is 0 Å². The van der Waals surface area contributed by atoms with Crippen LogP contribution >= 0.6 is 11.6 Å². The van der Waals surface area contributed by atoms with E-state index < -0.39 is 4.14 Å². The Hall–Kier alpha value is 0.479. The van der Waals surface area contributed by atoms with Crippen LogP contribution in [-0.4, -0.2) is 20.2 Å². The predicted octanol–water partition coefficient (Wildman–Crippen LogP) is 0.514. The van der Waals surface area contributed by atoms with Crippen LogP contribution in [0.3, 0.4) is 0 Å². The Bertz CT molecular complexity index is 31.0. The summed E-state index contributed by atoms with van der Waals surface area (Å²) in [5, 5.41) is 0. The summed E-state index contributed by atoms with van der Waals surface area (Å²) in [4.78, 5) is 9.15. The minimum atomic E-state index is -0.486. The third-order valence-corrected chi connectivity index (χ3v) is 0. The second-order valence-corrected chi connectivity index (χ2v) is 1.87. The SMILES string of the molecule is O=C(Cl)[Se]. The Morgan fingerprint density at radius 1 is 2.00 bits per heavy atom. The van der Waals surface area contributed by atoms with Crippen molar-refractivity contribution in [2.24, 2.45) is 0 Å². The van der Waals surface area contributed by atoms with E-state index in [9.17, 15) is 0 Å². The molecule has 4 heavy (non-hydrogen) atoms. The fraction of sp³-hybridized carbons (Fsp3) is 0. The number of halogens is 1. The van der Waals surface area contributed by atoms with Crippen molar-refractivity contribution in [1.29, 1.82) is 0 Å². The zero-order valence-electron chi connectivity index (χ0n) is 1.69. The van der Waals surface area contributed by atoms with Crippen LogP contribution in [-0.2, 0) is 0 Å². The van der Waals surface area contributed by atoms with Crippen molar-refractivity contribution in [2.75, 3.05) is 0 Å². The van der Waals surface area contributed by atoms with Crippen molar-refractivity contribution in [3.63, 3.8) is 0 Å². The number of hydrogen-bond donors (Lipinski definition) is 0. The van der Waals surface area contributed by atoms with Crippen LogP contribution in [0.15, 0.2) is 0 Å². The fourth-order valence-electron chi connectivity index (χ4n) is 0. The fourth-order valence-corrected chi connectivity index (χ4v) is 0. The van der Waals surface area contributed by atoms with Crippen molar-refractivity contribution in [3.8, 4) is 0 Å². The molecular formula is CClOSe. The molecule has 0 aromatic heterocycles. The van der Waals surface area contributed by atoms with E-state index in [4.69, 9.17) is 4.79 Å². The Labute approximate surface area is 37.1 Å². The first kappa shape index (κ1) is 4.48. The Morgan fingerprint density at radius 3 is 2.00 bits per heavy atom. The zero-order valence-corrected chi connectivity index (χ0v) is 4.16. The maximum absolute atomic E-state index is 9.15. The van der Waals surface area contributed by atoms with E-state index in [1.54, 1.807) is 0 Å². The molecule has 0 rings (SSSR count). The number of carbonyl (C=O) groups is 1. The van der Waals surface area contributed by atoms with Gasteiger partial charge in [-0.05, 0) is 0 Å². The topological polar surface area (TPSA) is 17.1 Å². The Kier molecular flexibility index (Phi) is 1.98. The van der Waals surface area contributed by atoms with Crippen molar-refractivity contribution >= 4 is 31.8 Å². The molecule has 0 fully saturated rings. The summed E-state index contributed by atoms with van der Waals surface area (Å²) >= 11 is 6.61. The van der Waals surface area contributed by atoms with Gasteiger partial charge in [-0.2, -0.15) is 0 Å². The molecule has 0 N–H and O–H groups in total. The van der Waals surface area contributed by atoms with Gasteiger partial charge in [0.25, 0.3) is 0 Å². The van der Waals surface area contributed by atoms with E-state index in [0.29, 0.717) is 0 Å². The van der Waals surface area contributed by atoms with Crippen molar-refractivity contribution in [3.05, 3.63) is 0 Å². The van der Waals surface area contributed by atoms with E-state index >= 15 is 0 Å². The van der Waals surface area contributed by atoms with E-state index in [2.05, 4.69) is 11.6 Å². The molecule has 0 amide bonds. The van der Waals surface area contributed by atoms with E-state index in [0.717, 1.165) is 0 Å². The molecule has 0 aromatic rings. The maximum atomic E-state index is 9.15. The summed E-state index contributed by atoms with van der Waals surface area (Å²) in [5.41, 5.74) is 0. The average Bonchev–Trinajstić information content (AvgIpc) is 0.811. The average molecular weight is 142 g/mol. The molecule has 0 aliphatic heterocycles. The third-order valence-electron chi connectivity index (χ3n) is 0. The summed E-state index contributed by atoms with van der Waals surface area (Å²) in [5.74, 6) is 0. The molecule has 0 atom stereocenters. The summed E-state index contributed by atoms with van der Waals surface area (Å²) in [6.45, 7) is 0. The quantitative estimate of drug-likeness (QED) is 0.356. The molecule has 0 saturated carbocycles. The molecule has 0 spiro atoms.